The molecule has 0 saturated carbocycles. The number of aromatic nitrogens is 2. The zero-order valence-electron chi connectivity index (χ0n) is 27.6. The van der Waals surface area contributed by atoms with Crippen molar-refractivity contribution in [3.05, 3.63) is 188 Å². The lowest BCUT2D eigenvalue weighted by molar-refractivity contribution is 1.14. The highest BCUT2D eigenvalue weighted by molar-refractivity contribution is 7.25. The molecule has 4 heteroatoms. The number of pyridine rings is 1. The molecule has 0 N–H and O–H groups in total. The SMILES string of the molecule is c1ccc(N(c2ccc(-c3ccc4sc5ccccc5c4c3)cc2)c2ccc(-c3ccc(-n4c5ccccc5c5ccccc54)cn3)cc2)cc1. The van der Waals surface area contributed by atoms with Gasteiger partial charge in [0.1, 0.15) is 0 Å². The van der Waals surface area contributed by atoms with Crippen LogP contribution in [0.2, 0.25) is 0 Å². The van der Waals surface area contributed by atoms with E-state index in [0.717, 1.165) is 34.0 Å². The lowest BCUT2D eigenvalue weighted by Gasteiger charge is -2.26. The molecule has 0 bridgehead atoms. The average Bonchev–Trinajstić information content (AvgIpc) is 3.75. The van der Waals surface area contributed by atoms with Crippen LogP contribution in [0.1, 0.15) is 0 Å². The maximum Gasteiger partial charge on any atom is 0.0703 e. The van der Waals surface area contributed by atoms with Crippen LogP contribution in [-0.2, 0) is 0 Å². The van der Waals surface area contributed by atoms with Gasteiger partial charge in [-0.3, -0.25) is 4.98 Å². The summed E-state index contributed by atoms with van der Waals surface area (Å²) in [6.45, 7) is 0. The van der Waals surface area contributed by atoms with Crippen molar-refractivity contribution in [2.45, 2.75) is 0 Å². The van der Waals surface area contributed by atoms with E-state index in [4.69, 9.17) is 4.98 Å². The third-order valence-corrected chi connectivity index (χ3v) is 11.0. The number of benzene rings is 7. The molecule has 3 aromatic heterocycles. The highest BCUT2D eigenvalue weighted by Crippen LogP contribution is 2.39. The standard InChI is InChI=1S/C47H31N3S/c1-2-10-35(11-3-1)49(36-23-18-32(19-24-36)34-22-29-47-42(30-34)41-14-6-9-17-46(41)51-47)37-25-20-33(21-26-37)43-28-27-38(31-48-43)50-44-15-7-4-12-39(44)40-13-5-8-16-45(40)50/h1-31H. The highest BCUT2D eigenvalue weighted by atomic mass is 32.1. The fourth-order valence-corrected chi connectivity index (χ4v) is 8.49. The van der Waals surface area contributed by atoms with Gasteiger partial charge in [0.15, 0.2) is 0 Å². The normalized spacial score (nSPS) is 11.5. The van der Waals surface area contributed by atoms with Gasteiger partial charge < -0.3 is 9.47 Å². The first-order chi connectivity index (χ1) is 25.3. The summed E-state index contributed by atoms with van der Waals surface area (Å²) in [4.78, 5) is 7.25. The van der Waals surface area contributed by atoms with Crippen molar-refractivity contribution in [1.82, 2.24) is 9.55 Å². The van der Waals surface area contributed by atoms with Crippen LogP contribution < -0.4 is 4.90 Å². The lowest BCUT2D eigenvalue weighted by atomic mass is 10.0. The number of hydrogen-bond donors (Lipinski definition) is 0. The molecular weight excluding hydrogens is 639 g/mol. The molecule has 0 fully saturated rings. The minimum Gasteiger partial charge on any atom is -0.311 e. The Morgan fingerprint density at radius 3 is 1.63 bits per heavy atom. The van der Waals surface area contributed by atoms with Gasteiger partial charge in [-0.1, -0.05) is 103 Å². The first kappa shape index (κ1) is 29.4. The summed E-state index contributed by atoms with van der Waals surface area (Å²) >= 11 is 1.86. The van der Waals surface area contributed by atoms with E-state index in [1.165, 1.54) is 53.1 Å². The van der Waals surface area contributed by atoms with Crippen LogP contribution >= 0.6 is 11.3 Å². The zero-order chi connectivity index (χ0) is 33.7. The molecule has 0 saturated heterocycles. The van der Waals surface area contributed by atoms with Crippen molar-refractivity contribution in [2.75, 3.05) is 4.90 Å². The fraction of sp³-hybridized carbons (Fsp3) is 0. The van der Waals surface area contributed by atoms with Crippen molar-refractivity contribution >= 4 is 70.4 Å². The van der Waals surface area contributed by atoms with E-state index < -0.39 is 0 Å². The summed E-state index contributed by atoms with van der Waals surface area (Å²) in [5.74, 6) is 0. The maximum atomic E-state index is 4.95. The molecule has 3 heterocycles. The zero-order valence-corrected chi connectivity index (χ0v) is 28.5. The molecule has 0 aliphatic rings. The number of fused-ring (bicyclic) bond motifs is 6. The maximum absolute atomic E-state index is 4.95. The Morgan fingerprint density at radius 1 is 0.412 bits per heavy atom. The van der Waals surface area contributed by atoms with Crippen molar-refractivity contribution in [3.63, 3.8) is 0 Å². The van der Waals surface area contributed by atoms with Crippen LogP contribution in [-0.4, -0.2) is 9.55 Å². The molecule has 240 valence electrons. The molecule has 10 rings (SSSR count). The van der Waals surface area contributed by atoms with Gasteiger partial charge in [-0.2, -0.15) is 0 Å². The van der Waals surface area contributed by atoms with Crippen LogP contribution in [0.25, 0.3) is 70.0 Å². The molecule has 0 aliphatic carbocycles. The number of rotatable bonds is 6. The molecule has 51 heavy (non-hydrogen) atoms. The Kier molecular flexibility index (Phi) is 7.00. The van der Waals surface area contributed by atoms with Gasteiger partial charge in [0.2, 0.25) is 0 Å². The molecule has 0 atom stereocenters. The van der Waals surface area contributed by atoms with Gasteiger partial charge in [0.05, 0.1) is 28.6 Å². The Balaban J connectivity index is 0.966. The number of para-hydroxylation sites is 3. The first-order valence-corrected chi connectivity index (χ1v) is 18.0. The summed E-state index contributed by atoms with van der Waals surface area (Å²) in [5.41, 5.74) is 11.2. The lowest BCUT2D eigenvalue weighted by Crippen LogP contribution is -2.09. The van der Waals surface area contributed by atoms with E-state index in [0.29, 0.717) is 0 Å². The Labute approximate surface area is 299 Å². The smallest absolute Gasteiger partial charge is 0.0703 e. The molecule has 0 unspecified atom stereocenters. The van der Waals surface area contributed by atoms with E-state index >= 15 is 0 Å². The quantitative estimate of drug-likeness (QED) is 0.176. The molecule has 0 amide bonds. The largest absolute Gasteiger partial charge is 0.311 e. The Bertz CT molecular complexity index is 2780. The molecule has 0 radical (unpaired) electrons. The second kappa shape index (κ2) is 12.1. The highest BCUT2D eigenvalue weighted by Gasteiger charge is 2.15. The van der Waals surface area contributed by atoms with Gasteiger partial charge >= 0.3 is 0 Å². The Morgan fingerprint density at radius 2 is 0.961 bits per heavy atom. The number of thiophene rings is 1. The summed E-state index contributed by atoms with van der Waals surface area (Å²) in [5, 5.41) is 5.14. The first-order valence-electron chi connectivity index (χ1n) is 17.2. The molecule has 10 aromatic rings. The Hall–Kier alpha value is -6.49. The molecular formula is C47H31N3S. The topological polar surface area (TPSA) is 21.1 Å². The summed E-state index contributed by atoms with van der Waals surface area (Å²) in [7, 11) is 0. The number of anilines is 3. The average molecular weight is 670 g/mol. The fourth-order valence-electron chi connectivity index (χ4n) is 7.40. The van der Waals surface area contributed by atoms with E-state index in [-0.39, 0.29) is 0 Å². The van der Waals surface area contributed by atoms with Crippen molar-refractivity contribution < 1.29 is 0 Å². The van der Waals surface area contributed by atoms with Crippen molar-refractivity contribution in [3.8, 4) is 28.1 Å². The van der Waals surface area contributed by atoms with Crippen molar-refractivity contribution in [1.29, 1.82) is 0 Å². The summed E-state index contributed by atoms with van der Waals surface area (Å²) in [6.07, 6.45) is 1.98. The second-order valence-electron chi connectivity index (χ2n) is 12.8. The van der Waals surface area contributed by atoms with Gasteiger partial charge in [0.25, 0.3) is 0 Å². The van der Waals surface area contributed by atoms with Crippen LogP contribution in [0, 0.1) is 0 Å². The predicted molar refractivity (Wildman–Crippen MR) is 217 cm³/mol. The van der Waals surface area contributed by atoms with Crippen LogP contribution in [0.4, 0.5) is 17.1 Å². The molecule has 0 aliphatic heterocycles. The van der Waals surface area contributed by atoms with Gasteiger partial charge in [-0.25, -0.2) is 0 Å². The number of nitrogens with zero attached hydrogens (tertiary/aromatic N) is 3. The van der Waals surface area contributed by atoms with E-state index in [1.807, 2.05) is 17.5 Å². The van der Waals surface area contributed by atoms with Crippen molar-refractivity contribution in [2.24, 2.45) is 0 Å². The van der Waals surface area contributed by atoms with Crippen LogP contribution in [0.5, 0.6) is 0 Å². The van der Waals surface area contributed by atoms with Gasteiger partial charge in [-0.05, 0) is 90.0 Å². The third-order valence-electron chi connectivity index (χ3n) is 9.86. The minimum atomic E-state index is 0.942. The van der Waals surface area contributed by atoms with E-state index in [1.54, 1.807) is 0 Å². The summed E-state index contributed by atoms with van der Waals surface area (Å²) in [6, 6.07) is 65.1. The second-order valence-corrected chi connectivity index (χ2v) is 13.9. The van der Waals surface area contributed by atoms with Gasteiger partial charge in [-0.15, -0.1) is 11.3 Å². The van der Waals surface area contributed by atoms with E-state index in [2.05, 4.69) is 191 Å². The summed E-state index contributed by atoms with van der Waals surface area (Å²) < 4.78 is 4.96. The number of hydrogen-bond acceptors (Lipinski definition) is 3. The molecule has 0 spiro atoms. The van der Waals surface area contributed by atoms with Gasteiger partial charge in [0, 0.05) is 53.6 Å². The molecule has 3 nitrogen and oxygen atoms in total. The van der Waals surface area contributed by atoms with Crippen LogP contribution in [0.3, 0.4) is 0 Å². The van der Waals surface area contributed by atoms with E-state index in [9.17, 15) is 0 Å². The molecule has 7 aromatic carbocycles. The predicted octanol–water partition coefficient (Wildman–Crippen LogP) is 13.4. The minimum absolute atomic E-state index is 0.942. The van der Waals surface area contributed by atoms with Crippen LogP contribution in [0.15, 0.2) is 188 Å². The monoisotopic (exact) mass is 669 g/mol. The third kappa shape index (κ3) is 5.08.